The molecule has 0 heterocycles. The molecule has 0 N–H and O–H groups in total. The fourth-order valence-corrected chi connectivity index (χ4v) is 3.80. The molecule has 0 heteroatoms. The Morgan fingerprint density at radius 1 is 0.808 bits per heavy atom. The van der Waals surface area contributed by atoms with Crippen LogP contribution in [0.3, 0.4) is 0 Å². The molecule has 0 spiro atoms. The van der Waals surface area contributed by atoms with Gasteiger partial charge in [-0.25, -0.2) is 0 Å². The molecule has 0 nitrogen and oxygen atoms in total. The van der Waals surface area contributed by atoms with Crippen LogP contribution in [0.15, 0.2) is 35.9 Å². The Balaban J connectivity index is 2.27. The molecule has 2 aromatic carbocycles. The van der Waals surface area contributed by atoms with Crippen molar-refractivity contribution in [1.82, 2.24) is 0 Å². The summed E-state index contributed by atoms with van der Waals surface area (Å²) in [5.41, 5.74) is 11.8. The van der Waals surface area contributed by atoms with Gasteiger partial charge in [0.05, 0.1) is 0 Å². The zero-order valence-corrected chi connectivity index (χ0v) is 17.9. The van der Waals surface area contributed by atoms with Crippen molar-refractivity contribution in [2.24, 2.45) is 0 Å². The molecule has 0 saturated heterocycles. The summed E-state index contributed by atoms with van der Waals surface area (Å²) in [7, 11) is 0. The van der Waals surface area contributed by atoms with E-state index in [4.69, 9.17) is 0 Å². The summed E-state index contributed by atoms with van der Waals surface area (Å²) in [6.07, 6.45) is 4.69. The monoisotopic (exact) mass is 346 g/mol. The number of allylic oxidation sites excluding steroid dienone is 1. The second-order valence-electron chi connectivity index (χ2n) is 10.0. The Labute approximate surface area is 160 Å². The zero-order chi connectivity index (χ0) is 19.3. The van der Waals surface area contributed by atoms with E-state index in [1.54, 1.807) is 5.57 Å². The predicted molar refractivity (Wildman–Crippen MR) is 116 cm³/mol. The third kappa shape index (κ3) is 3.65. The van der Waals surface area contributed by atoms with Crippen molar-refractivity contribution in [3.05, 3.63) is 63.7 Å². The largest absolute Gasteiger partial charge is 0.0655 e. The Kier molecular flexibility index (Phi) is 4.67. The van der Waals surface area contributed by atoms with E-state index in [2.05, 4.69) is 91.8 Å². The maximum Gasteiger partial charge on any atom is -0.00576 e. The van der Waals surface area contributed by atoms with Crippen LogP contribution in [0, 0.1) is 6.92 Å². The number of rotatable bonds is 2. The molecule has 0 bridgehead atoms. The Hall–Kier alpha value is -1.82. The molecule has 26 heavy (non-hydrogen) atoms. The average Bonchev–Trinajstić information content (AvgIpc) is 2.94. The minimum atomic E-state index is 0.146. The number of hydrogen-bond acceptors (Lipinski definition) is 0. The smallest absolute Gasteiger partial charge is 0.00576 e. The highest BCUT2D eigenvalue weighted by Crippen LogP contribution is 2.39. The lowest BCUT2D eigenvalue weighted by Crippen LogP contribution is -2.16. The average molecular weight is 347 g/mol. The first-order valence-electron chi connectivity index (χ1n) is 9.98. The van der Waals surface area contributed by atoms with E-state index in [1.165, 1.54) is 38.9 Å². The van der Waals surface area contributed by atoms with Crippen LogP contribution in [0.1, 0.15) is 82.7 Å². The summed E-state index contributed by atoms with van der Waals surface area (Å²) in [5, 5.41) is 0. The molecule has 0 fully saturated rings. The van der Waals surface area contributed by atoms with Gasteiger partial charge in [-0.05, 0) is 64.0 Å². The van der Waals surface area contributed by atoms with Crippen molar-refractivity contribution in [3.8, 4) is 11.1 Å². The van der Waals surface area contributed by atoms with Crippen molar-refractivity contribution >= 4 is 6.08 Å². The molecular weight excluding hydrogens is 312 g/mol. The minimum absolute atomic E-state index is 0.146. The fourth-order valence-electron chi connectivity index (χ4n) is 3.80. The van der Waals surface area contributed by atoms with Gasteiger partial charge < -0.3 is 0 Å². The number of aryl methyl sites for hydroxylation is 1. The van der Waals surface area contributed by atoms with Gasteiger partial charge in [0.1, 0.15) is 0 Å². The molecule has 0 aromatic heterocycles. The van der Waals surface area contributed by atoms with Gasteiger partial charge in [-0.15, -0.1) is 0 Å². The van der Waals surface area contributed by atoms with Gasteiger partial charge in [0.15, 0.2) is 0 Å². The summed E-state index contributed by atoms with van der Waals surface area (Å²) >= 11 is 0. The van der Waals surface area contributed by atoms with Crippen LogP contribution < -0.4 is 0 Å². The van der Waals surface area contributed by atoms with Crippen LogP contribution in [0.5, 0.6) is 0 Å². The van der Waals surface area contributed by atoms with E-state index in [0.29, 0.717) is 0 Å². The second kappa shape index (κ2) is 6.41. The van der Waals surface area contributed by atoms with Crippen LogP contribution in [0.2, 0.25) is 0 Å². The molecule has 0 unspecified atom stereocenters. The zero-order valence-electron chi connectivity index (χ0n) is 17.9. The number of benzene rings is 2. The molecule has 1 aliphatic carbocycles. The summed E-state index contributed by atoms with van der Waals surface area (Å²) in [5.74, 6) is 0. The third-order valence-electron chi connectivity index (χ3n) is 5.61. The minimum Gasteiger partial charge on any atom is -0.0655 e. The van der Waals surface area contributed by atoms with Crippen molar-refractivity contribution in [3.63, 3.8) is 0 Å². The van der Waals surface area contributed by atoms with Crippen molar-refractivity contribution < 1.29 is 0 Å². The molecule has 0 radical (unpaired) electrons. The lowest BCUT2D eigenvalue weighted by molar-refractivity contribution is 0.569. The van der Waals surface area contributed by atoms with Gasteiger partial charge >= 0.3 is 0 Å². The molecule has 0 amide bonds. The van der Waals surface area contributed by atoms with Crippen LogP contribution in [0.25, 0.3) is 17.2 Å². The molecule has 0 saturated carbocycles. The van der Waals surface area contributed by atoms with Crippen LogP contribution in [-0.4, -0.2) is 0 Å². The van der Waals surface area contributed by atoms with Gasteiger partial charge in [0.2, 0.25) is 0 Å². The molecule has 138 valence electrons. The molecule has 2 aromatic rings. The SMILES string of the molecule is CCC1=Cc2c(cc(C)cc2-c2cc(C(C)(C)C)cc(C(C)(C)C)c2)C1. The van der Waals surface area contributed by atoms with Gasteiger partial charge in [-0.2, -0.15) is 0 Å². The highest BCUT2D eigenvalue weighted by molar-refractivity contribution is 5.82. The summed E-state index contributed by atoms with van der Waals surface area (Å²) in [4.78, 5) is 0. The molecule has 1 aliphatic rings. The van der Waals surface area contributed by atoms with Crippen LogP contribution in [-0.2, 0) is 17.3 Å². The lowest BCUT2D eigenvalue weighted by atomic mass is 9.78. The van der Waals surface area contributed by atoms with E-state index in [9.17, 15) is 0 Å². The van der Waals surface area contributed by atoms with Crippen LogP contribution in [0.4, 0.5) is 0 Å². The van der Waals surface area contributed by atoms with E-state index >= 15 is 0 Å². The van der Waals surface area contributed by atoms with Crippen molar-refractivity contribution in [2.75, 3.05) is 0 Å². The Morgan fingerprint density at radius 3 is 1.88 bits per heavy atom. The first kappa shape index (κ1) is 19.0. The highest BCUT2D eigenvalue weighted by Gasteiger charge is 2.23. The summed E-state index contributed by atoms with van der Waals surface area (Å²) in [6, 6.07) is 12.0. The maximum absolute atomic E-state index is 2.44. The van der Waals surface area contributed by atoms with Gasteiger partial charge in [0.25, 0.3) is 0 Å². The topological polar surface area (TPSA) is 0 Å². The molecular formula is C26H34. The molecule has 0 atom stereocenters. The Bertz CT molecular complexity index is 832. The predicted octanol–water partition coefficient (Wildman–Crippen LogP) is 7.61. The first-order valence-corrected chi connectivity index (χ1v) is 9.98. The number of fused-ring (bicyclic) bond motifs is 1. The van der Waals surface area contributed by atoms with E-state index in [-0.39, 0.29) is 10.8 Å². The van der Waals surface area contributed by atoms with Crippen molar-refractivity contribution in [1.29, 1.82) is 0 Å². The fraction of sp³-hybridized carbons (Fsp3) is 0.462. The maximum atomic E-state index is 2.44. The normalized spacial score (nSPS) is 14.4. The summed E-state index contributed by atoms with van der Waals surface area (Å²) < 4.78 is 0. The van der Waals surface area contributed by atoms with E-state index in [1.807, 2.05) is 0 Å². The Morgan fingerprint density at radius 2 is 1.38 bits per heavy atom. The molecule has 0 aliphatic heterocycles. The second-order valence-corrected chi connectivity index (χ2v) is 10.0. The van der Waals surface area contributed by atoms with Crippen LogP contribution >= 0.6 is 0 Å². The first-order chi connectivity index (χ1) is 12.0. The standard InChI is InChI=1S/C26H34/c1-9-18-12-19-10-17(2)11-23(24(19)13-18)20-14-21(25(3,4)5)16-22(15-20)26(6,7)8/h10-11,13-16H,9,12H2,1-8H3. The van der Waals surface area contributed by atoms with Gasteiger partial charge in [0, 0.05) is 0 Å². The quantitative estimate of drug-likeness (QED) is 0.525. The number of hydrogen-bond donors (Lipinski definition) is 0. The van der Waals surface area contributed by atoms with Crippen molar-refractivity contribution in [2.45, 2.75) is 79.1 Å². The third-order valence-corrected chi connectivity index (χ3v) is 5.61. The summed E-state index contributed by atoms with van der Waals surface area (Å²) in [6.45, 7) is 18.4. The van der Waals surface area contributed by atoms with E-state index < -0.39 is 0 Å². The van der Waals surface area contributed by atoms with E-state index in [0.717, 1.165) is 12.8 Å². The highest BCUT2D eigenvalue weighted by atomic mass is 14.3. The molecule has 3 rings (SSSR count). The van der Waals surface area contributed by atoms with Gasteiger partial charge in [-0.1, -0.05) is 96.0 Å². The van der Waals surface area contributed by atoms with Gasteiger partial charge in [-0.3, -0.25) is 0 Å². The lowest BCUT2D eigenvalue weighted by Gasteiger charge is -2.26.